The van der Waals surface area contributed by atoms with Crippen molar-refractivity contribution in [1.82, 2.24) is 14.8 Å². The molecule has 3 nitrogen and oxygen atoms in total. The number of rotatable bonds is 4. The number of hydrogen-bond donors (Lipinski definition) is 0. The molecule has 1 aliphatic carbocycles. The lowest BCUT2D eigenvalue weighted by molar-refractivity contribution is 0.508. The van der Waals surface area contributed by atoms with Gasteiger partial charge in [-0.25, -0.2) is 0 Å². The van der Waals surface area contributed by atoms with Gasteiger partial charge in [0.05, 0.1) is 0 Å². The second kappa shape index (κ2) is 6.96. The first-order valence-electron chi connectivity index (χ1n) is 8.79. The molecule has 0 radical (unpaired) electrons. The first kappa shape index (κ1) is 16.9. The van der Waals surface area contributed by atoms with E-state index >= 15 is 0 Å². The number of nitrogens with zero attached hydrogens (tertiary/aromatic N) is 3. The summed E-state index contributed by atoms with van der Waals surface area (Å²) in [4.78, 5) is 1.55. The zero-order valence-electron chi connectivity index (χ0n) is 15.0. The summed E-state index contributed by atoms with van der Waals surface area (Å²) < 4.78 is 2.16. The summed E-state index contributed by atoms with van der Waals surface area (Å²) in [5, 5.41) is 12.2. The molecule has 25 heavy (non-hydrogen) atoms. The van der Waals surface area contributed by atoms with E-state index in [1.165, 1.54) is 41.5 Å². The van der Waals surface area contributed by atoms with Gasteiger partial charge in [0.15, 0.2) is 11.0 Å². The third kappa shape index (κ3) is 3.27. The maximum absolute atomic E-state index is 4.52. The van der Waals surface area contributed by atoms with E-state index in [0.717, 1.165) is 22.7 Å². The van der Waals surface area contributed by atoms with Crippen molar-refractivity contribution < 1.29 is 0 Å². The first-order chi connectivity index (χ1) is 12.1. The molecule has 2 heterocycles. The molecule has 1 aliphatic rings. The third-order valence-electron chi connectivity index (χ3n) is 5.10. The highest BCUT2D eigenvalue weighted by molar-refractivity contribution is 7.98. The van der Waals surface area contributed by atoms with Gasteiger partial charge in [-0.05, 0) is 48.8 Å². The molecule has 4 rings (SSSR count). The molecule has 0 bridgehead atoms. The van der Waals surface area contributed by atoms with Crippen molar-refractivity contribution in [3.8, 4) is 11.4 Å². The van der Waals surface area contributed by atoms with Crippen LogP contribution in [0, 0.1) is 12.8 Å². The zero-order valence-corrected chi connectivity index (χ0v) is 16.6. The number of hydrogen-bond acceptors (Lipinski definition) is 4. The summed E-state index contributed by atoms with van der Waals surface area (Å²) in [7, 11) is 2.09. The molecule has 0 fully saturated rings. The standard InChI is InChI=1S/C20H23N3S2/c1-13-8-9-16-17(12-24-18(16)10-13)19-21-22-20(23(19)3)25-11-15-7-5-4-6-14(15)2/h4-7,12-13H,8-11H2,1-3H3. The van der Waals surface area contributed by atoms with Crippen molar-refractivity contribution in [3.05, 3.63) is 51.2 Å². The average Bonchev–Trinajstić information content (AvgIpc) is 3.17. The van der Waals surface area contributed by atoms with E-state index in [0.29, 0.717) is 0 Å². The van der Waals surface area contributed by atoms with Gasteiger partial charge < -0.3 is 4.57 Å². The maximum Gasteiger partial charge on any atom is 0.191 e. The number of thioether (sulfide) groups is 1. The van der Waals surface area contributed by atoms with Crippen LogP contribution in [-0.2, 0) is 25.6 Å². The van der Waals surface area contributed by atoms with Crippen LogP contribution < -0.4 is 0 Å². The largest absolute Gasteiger partial charge is 0.305 e. The van der Waals surface area contributed by atoms with Gasteiger partial charge in [0, 0.05) is 28.6 Å². The van der Waals surface area contributed by atoms with Gasteiger partial charge in [0.25, 0.3) is 0 Å². The van der Waals surface area contributed by atoms with Crippen LogP contribution in [0.4, 0.5) is 0 Å². The summed E-state index contributed by atoms with van der Waals surface area (Å²) in [6, 6.07) is 8.54. The molecule has 1 unspecified atom stereocenters. The van der Waals surface area contributed by atoms with Crippen molar-refractivity contribution in [2.45, 2.75) is 44.0 Å². The van der Waals surface area contributed by atoms with Crippen LogP contribution in [0.2, 0.25) is 0 Å². The Hall–Kier alpha value is -1.59. The van der Waals surface area contributed by atoms with E-state index in [1.54, 1.807) is 16.6 Å². The van der Waals surface area contributed by atoms with E-state index in [4.69, 9.17) is 0 Å². The lowest BCUT2D eigenvalue weighted by atomic mass is 9.88. The molecule has 0 spiro atoms. The second-order valence-electron chi connectivity index (χ2n) is 6.98. The highest BCUT2D eigenvalue weighted by Gasteiger charge is 2.23. The Bertz CT molecular complexity index is 894. The van der Waals surface area contributed by atoms with Gasteiger partial charge in [-0.3, -0.25) is 0 Å². The normalized spacial score (nSPS) is 16.8. The molecule has 1 atom stereocenters. The van der Waals surface area contributed by atoms with Crippen LogP contribution in [0.3, 0.4) is 0 Å². The zero-order chi connectivity index (χ0) is 17.4. The minimum absolute atomic E-state index is 0.804. The van der Waals surface area contributed by atoms with Crippen LogP contribution in [0.1, 0.15) is 34.9 Å². The quantitative estimate of drug-likeness (QED) is 0.587. The van der Waals surface area contributed by atoms with Gasteiger partial charge in [-0.15, -0.1) is 21.5 Å². The monoisotopic (exact) mass is 369 g/mol. The second-order valence-corrected chi connectivity index (χ2v) is 8.89. The molecule has 0 saturated heterocycles. The molecule has 0 amide bonds. The molecule has 0 aliphatic heterocycles. The van der Waals surface area contributed by atoms with E-state index < -0.39 is 0 Å². The summed E-state index contributed by atoms with van der Waals surface area (Å²) in [6.07, 6.45) is 3.67. The lowest BCUT2D eigenvalue weighted by Crippen LogP contribution is -2.09. The summed E-state index contributed by atoms with van der Waals surface area (Å²) in [5.41, 5.74) is 5.50. The number of aryl methyl sites for hydroxylation is 1. The fraction of sp³-hybridized carbons (Fsp3) is 0.400. The number of aromatic nitrogens is 3. The molecule has 3 aromatic rings. The van der Waals surface area contributed by atoms with Crippen molar-refractivity contribution >= 4 is 23.1 Å². The van der Waals surface area contributed by atoms with E-state index in [1.807, 2.05) is 11.3 Å². The smallest absolute Gasteiger partial charge is 0.191 e. The first-order valence-corrected chi connectivity index (χ1v) is 10.7. The molecular weight excluding hydrogens is 346 g/mol. The maximum atomic E-state index is 4.52. The van der Waals surface area contributed by atoms with Crippen LogP contribution in [0.25, 0.3) is 11.4 Å². The predicted molar refractivity (Wildman–Crippen MR) is 106 cm³/mol. The fourth-order valence-electron chi connectivity index (χ4n) is 3.45. The number of fused-ring (bicyclic) bond motifs is 1. The molecule has 1 aromatic carbocycles. The van der Waals surface area contributed by atoms with E-state index in [9.17, 15) is 0 Å². The molecule has 0 saturated carbocycles. The minimum atomic E-state index is 0.804. The summed E-state index contributed by atoms with van der Waals surface area (Å²) >= 11 is 3.66. The Labute approximate surface area is 157 Å². The lowest BCUT2D eigenvalue weighted by Gasteiger charge is -2.18. The van der Waals surface area contributed by atoms with Crippen molar-refractivity contribution in [2.75, 3.05) is 0 Å². The predicted octanol–water partition coefficient (Wildman–Crippen LogP) is 5.27. The highest BCUT2D eigenvalue weighted by atomic mass is 32.2. The summed E-state index contributed by atoms with van der Waals surface area (Å²) in [6.45, 7) is 4.52. The molecular formula is C20H23N3S2. The Morgan fingerprint density at radius 2 is 2.12 bits per heavy atom. The SMILES string of the molecule is Cc1ccccc1CSc1nnc(-c2csc3c2CCC(C)C3)n1C. The van der Waals surface area contributed by atoms with Crippen LogP contribution in [0.5, 0.6) is 0 Å². The fourth-order valence-corrected chi connectivity index (χ4v) is 5.68. The molecule has 0 N–H and O–H groups in total. The Kier molecular flexibility index (Phi) is 4.69. The van der Waals surface area contributed by atoms with E-state index in [-0.39, 0.29) is 0 Å². The highest BCUT2D eigenvalue weighted by Crippen LogP contribution is 2.38. The Morgan fingerprint density at radius 1 is 1.28 bits per heavy atom. The average molecular weight is 370 g/mol. The van der Waals surface area contributed by atoms with Gasteiger partial charge >= 0.3 is 0 Å². The molecule has 2 aromatic heterocycles. The summed E-state index contributed by atoms with van der Waals surface area (Å²) in [5.74, 6) is 2.75. The molecule has 5 heteroatoms. The third-order valence-corrected chi connectivity index (χ3v) is 7.22. The van der Waals surface area contributed by atoms with Crippen molar-refractivity contribution in [3.63, 3.8) is 0 Å². The van der Waals surface area contributed by atoms with Crippen molar-refractivity contribution in [1.29, 1.82) is 0 Å². The van der Waals surface area contributed by atoms with Crippen LogP contribution in [-0.4, -0.2) is 14.8 Å². The Balaban J connectivity index is 1.57. The van der Waals surface area contributed by atoms with Crippen molar-refractivity contribution in [2.24, 2.45) is 13.0 Å². The number of thiophene rings is 1. The topological polar surface area (TPSA) is 30.7 Å². The van der Waals surface area contributed by atoms with Gasteiger partial charge in [-0.2, -0.15) is 0 Å². The van der Waals surface area contributed by atoms with Gasteiger partial charge in [-0.1, -0.05) is 43.0 Å². The Morgan fingerprint density at radius 3 is 2.96 bits per heavy atom. The van der Waals surface area contributed by atoms with Gasteiger partial charge in [0.1, 0.15) is 0 Å². The minimum Gasteiger partial charge on any atom is -0.305 e. The molecule has 130 valence electrons. The number of benzene rings is 1. The van der Waals surface area contributed by atoms with Gasteiger partial charge in [0.2, 0.25) is 0 Å². The van der Waals surface area contributed by atoms with Crippen LogP contribution in [0.15, 0.2) is 34.8 Å². The van der Waals surface area contributed by atoms with Crippen LogP contribution >= 0.6 is 23.1 Å². The van der Waals surface area contributed by atoms with E-state index in [2.05, 4.69) is 65.3 Å².